The molecule has 0 N–H and O–H groups in total. The molecule has 33 heavy (non-hydrogen) atoms. The molecule has 8 heteroatoms. The van der Waals surface area contributed by atoms with Crippen LogP contribution in [0.4, 0.5) is 0 Å². The number of para-hydroxylation sites is 3. The highest BCUT2D eigenvalue weighted by atomic mass is 16.5. The fourth-order valence-corrected chi connectivity index (χ4v) is 3.76. The second kappa shape index (κ2) is 8.31. The van der Waals surface area contributed by atoms with Crippen molar-refractivity contribution in [1.82, 2.24) is 29.5 Å². The van der Waals surface area contributed by atoms with Gasteiger partial charge >= 0.3 is 5.97 Å². The van der Waals surface area contributed by atoms with Crippen molar-refractivity contribution in [3.05, 3.63) is 83.8 Å². The highest BCUT2D eigenvalue weighted by molar-refractivity contribution is 5.80. The Bertz CT molecular complexity index is 1470. The van der Waals surface area contributed by atoms with Gasteiger partial charge < -0.3 is 4.74 Å². The summed E-state index contributed by atoms with van der Waals surface area (Å²) in [7, 11) is 0. The Morgan fingerprint density at radius 1 is 0.879 bits per heavy atom. The molecule has 0 saturated heterocycles. The van der Waals surface area contributed by atoms with Crippen molar-refractivity contribution in [2.45, 2.75) is 27.4 Å². The largest absolute Gasteiger partial charge is 0.459 e. The molecular weight excluding hydrogens is 416 g/mol. The molecule has 0 unspecified atom stereocenters. The Morgan fingerprint density at radius 2 is 1.58 bits per heavy atom. The molecule has 164 valence electrons. The Kier molecular flexibility index (Phi) is 5.18. The zero-order valence-electron chi connectivity index (χ0n) is 18.6. The molecular formula is C25H22N6O2. The number of hydrogen-bond donors (Lipinski definition) is 0. The van der Waals surface area contributed by atoms with E-state index in [1.165, 1.54) is 6.92 Å². The summed E-state index contributed by atoms with van der Waals surface area (Å²) >= 11 is 0. The predicted octanol–water partition coefficient (Wildman–Crippen LogP) is 4.35. The minimum absolute atomic E-state index is 0.0908. The number of carbonyl (C=O) groups is 1. The summed E-state index contributed by atoms with van der Waals surface area (Å²) in [4.78, 5) is 21.3. The first-order valence-electron chi connectivity index (χ1n) is 10.6. The molecule has 3 heterocycles. The summed E-state index contributed by atoms with van der Waals surface area (Å²) in [6.45, 7) is 5.40. The zero-order chi connectivity index (χ0) is 22.9. The molecule has 0 atom stereocenters. The molecule has 0 amide bonds. The topological polar surface area (TPSA) is 87.7 Å². The third-order valence-corrected chi connectivity index (χ3v) is 5.21. The van der Waals surface area contributed by atoms with Crippen LogP contribution in [0.25, 0.3) is 33.9 Å². The van der Waals surface area contributed by atoms with Crippen molar-refractivity contribution in [3.8, 4) is 22.9 Å². The number of fused-ring (bicyclic) bond motifs is 1. The summed E-state index contributed by atoms with van der Waals surface area (Å²) in [5.41, 5.74) is 6.15. The molecule has 0 aliphatic carbocycles. The monoisotopic (exact) mass is 438 g/mol. The second-order valence-corrected chi connectivity index (χ2v) is 7.77. The molecule has 0 aliphatic rings. The van der Waals surface area contributed by atoms with Gasteiger partial charge in [0.15, 0.2) is 5.82 Å². The van der Waals surface area contributed by atoms with Crippen LogP contribution >= 0.6 is 0 Å². The smallest absolute Gasteiger partial charge is 0.303 e. The normalized spacial score (nSPS) is 11.1. The summed E-state index contributed by atoms with van der Waals surface area (Å²) in [5.74, 6) is 0.238. The molecule has 0 saturated carbocycles. The van der Waals surface area contributed by atoms with E-state index >= 15 is 0 Å². The quantitative estimate of drug-likeness (QED) is 0.379. The lowest BCUT2D eigenvalue weighted by Crippen LogP contribution is -2.07. The maximum atomic E-state index is 11.5. The van der Waals surface area contributed by atoms with Crippen LogP contribution in [0, 0.1) is 13.8 Å². The lowest BCUT2D eigenvalue weighted by Gasteiger charge is -2.10. The van der Waals surface area contributed by atoms with E-state index in [4.69, 9.17) is 19.8 Å². The standard InChI is InChI=1S/C25H22N6O2/c1-16-13-17(2)30(28-16)25-24(26-21-11-7-8-12-22(21)27-25)23-14-20(15-33-18(3)32)31(29-23)19-9-5-4-6-10-19/h4-14H,15H2,1-3H3. The Hall–Kier alpha value is -4.33. The molecule has 0 fully saturated rings. The van der Waals surface area contributed by atoms with E-state index < -0.39 is 0 Å². The number of ether oxygens (including phenoxy) is 1. The van der Waals surface area contributed by atoms with Crippen LogP contribution in [0.15, 0.2) is 66.7 Å². The van der Waals surface area contributed by atoms with E-state index in [0.29, 0.717) is 17.2 Å². The second-order valence-electron chi connectivity index (χ2n) is 7.77. The van der Waals surface area contributed by atoms with Gasteiger partial charge in [0.1, 0.15) is 18.0 Å². The molecule has 0 spiro atoms. The van der Waals surface area contributed by atoms with E-state index in [1.807, 2.05) is 80.6 Å². The number of esters is 1. The summed E-state index contributed by atoms with van der Waals surface area (Å²) < 4.78 is 8.85. The van der Waals surface area contributed by atoms with Crippen molar-refractivity contribution < 1.29 is 9.53 Å². The summed E-state index contributed by atoms with van der Waals surface area (Å²) in [6.07, 6.45) is 0. The van der Waals surface area contributed by atoms with Crippen molar-refractivity contribution in [2.75, 3.05) is 0 Å². The van der Waals surface area contributed by atoms with Crippen molar-refractivity contribution in [3.63, 3.8) is 0 Å². The van der Waals surface area contributed by atoms with Crippen LogP contribution in [0.3, 0.4) is 0 Å². The predicted molar refractivity (Wildman–Crippen MR) is 124 cm³/mol. The first-order chi connectivity index (χ1) is 16.0. The van der Waals surface area contributed by atoms with E-state index in [2.05, 4.69) is 5.10 Å². The fraction of sp³-hybridized carbons (Fsp3) is 0.160. The van der Waals surface area contributed by atoms with Crippen LogP contribution in [-0.4, -0.2) is 35.5 Å². The van der Waals surface area contributed by atoms with Crippen LogP contribution in [-0.2, 0) is 16.1 Å². The SMILES string of the molecule is CC(=O)OCc1cc(-c2nc3ccccc3nc2-n2nc(C)cc2C)nn1-c1ccccc1. The van der Waals surface area contributed by atoms with Crippen LogP contribution in [0.1, 0.15) is 24.0 Å². The first kappa shape index (κ1) is 20.6. The number of rotatable bonds is 5. The molecule has 5 aromatic rings. The minimum Gasteiger partial charge on any atom is -0.459 e. The number of aromatic nitrogens is 6. The molecule has 0 bridgehead atoms. The molecule has 0 aliphatic heterocycles. The highest BCUT2D eigenvalue weighted by Gasteiger charge is 2.20. The van der Waals surface area contributed by atoms with Gasteiger partial charge in [0.05, 0.1) is 28.1 Å². The Labute approximate surface area is 190 Å². The van der Waals surface area contributed by atoms with Gasteiger partial charge in [-0.3, -0.25) is 4.79 Å². The van der Waals surface area contributed by atoms with Crippen molar-refractivity contribution >= 4 is 17.0 Å². The molecule has 3 aromatic heterocycles. The summed E-state index contributed by atoms with van der Waals surface area (Å²) in [6, 6.07) is 21.3. The van der Waals surface area contributed by atoms with Gasteiger partial charge in [0, 0.05) is 12.6 Å². The maximum Gasteiger partial charge on any atom is 0.303 e. The van der Waals surface area contributed by atoms with Gasteiger partial charge in [-0.2, -0.15) is 10.2 Å². The maximum absolute atomic E-state index is 11.5. The lowest BCUT2D eigenvalue weighted by molar-refractivity contribution is -0.142. The van der Waals surface area contributed by atoms with Gasteiger partial charge in [-0.05, 0) is 50.2 Å². The van der Waals surface area contributed by atoms with Gasteiger partial charge in [0.25, 0.3) is 0 Å². The van der Waals surface area contributed by atoms with Crippen LogP contribution < -0.4 is 0 Å². The fourth-order valence-electron chi connectivity index (χ4n) is 3.76. The summed E-state index contributed by atoms with van der Waals surface area (Å²) in [5, 5.41) is 9.47. The van der Waals surface area contributed by atoms with E-state index in [-0.39, 0.29) is 12.6 Å². The van der Waals surface area contributed by atoms with Gasteiger partial charge in [-0.25, -0.2) is 19.3 Å². The zero-order valence-corrected chi connectivity index (χ0v) is 18.6. The average molecular weight is 438 g/mol. The van der Waals surface area contributed by atoms with Gasteiger partial charge in [-0.15, -0.1) is 0 Å². The molecule has 0 radical (unpaired) electrons. The number of nitrogens with zero attached hydrogens (tertiary/aromatic N) is 6. The molecule has 2 aromatic carbocycles. The highest BCUT2D eigenvalue weighted by Crippen LogP contribution is 2.28. The van der Waals surface area contributed by atoms with Crippen molar-refractivity contribution in [2.24, 2.45) is 0 Å². The number of hydrogen-bond acceptors (Lipinski definition) is 6. The first-order valence-corrected chi connectivity index (χ1v) is 10.6. The lowest BCUT2D eigenvalue weighted by atomic mass is 10.2. The minimum atomic E-state index is -0.355. The van der Waals surface area contributed by atoms with Crippen molar-refractivity contribution in [1.29, 1.82) is 0 Å². The Balaban J connectivity index is 1.74. The van der Waals surface area contributed by atoms with E-state index in [1.54, 1.807) is 9.36 Å². The number of aryl methyl sites for hydroxylation is 2. The molecule has 5 rings (SSSR count). The van der Waals surface area contributed by atoms with E-state index in [0.717, 1.165) is 33.8 Å². The number of carbonyl (C=O) groups excluding carboxylic acids is 1. The van der Waals surface area contributed by atoms with Crippen LogP contribution in [0.5, 0.6) is 0 Å². The van der Waals surface area contributed by atoms with Crippen LogP contribution in [0.2, 0.25) is 0 Å². The number of benzene rings is 2. The third kappa shape index (κ3) is 3.98. The van der Waals surface area contributed by atoms with Gasteiger partial charge in [0.2, 0.25) is 0 Å². The third-order valence-electron chi connectivity index (χ3n) is 5.21. The molecule has 8 nitrogen and oxygen atoms in total. The van der Waals surface area contributed by atoms with Gasteiger partial charge in [-0.1, -0.05) is 30.3 Å². The average Bonchev–Trinajstić information content (AvgIpc) is 3.39. The Morgan fingerprint density at radius 3 is 2.24 bits per heavy atom. The van der Waals surface area contributed by atoms with E-state index in [9.17, 15) is 4.79 Å².